The molecule has 2 unspecified atom stereocenters. The van der Waals surface area contributed by atoms with Crippen molar-refractivity contribution in [2.24, 2.45) is 11.7 Å². The van der Waals surface area contributed by atoms with Gasteiger partial charge in [-0.2, -0.15) is 5.26 Å². The van der Waals surface area contributed by atoms with E-state index in [1.807, 2.05) is 12.1 Å². The van der Waals surface area contributed by atoms with Crippen molar-refractivity contribution in [3.63, 3.8) is 0 Å². The van der Waals surface area contributed by atoms with E-state index in [0.29, 0.717) is 17.5 Å². The molecule has 1 heterocycles. The van der Waals surface area contributed by atoms with Gasteiger partial charge in [0.05, 0.1) is 18.7 Å². The summed E-state index contributed by atoms with van der Waals surface area (Å²) in [4.78, 5) is 2.41. The summed E-state index contributed by atoms with van der Waals surface area (Å²) in [6.07, 6.45) is 2.16. The van der Waals surface area contributed by atoms with Crippen molar-refractivity contribution in [2.75, 3.05) is 20.2 Å². The summed E-state index contributed by atoms with van der Waals surface area (Å²) < 4.78 is 5.40. The molecule has 1 aliphatic heterocycles. The number of hydrogen-bond donors (Lipinski definition) is 1. The molecule has 20 heavy (non-hydrogen) atoms. The molecule has 0 amide bonds. The van der Waals surface area contributed by atoms with Crippen molar-refractivity contribution < 1.29 is 4.74 Å². The average molecular weight is 273 g/mol. The van der Waals surface area contributed by atoms with E-state index in [-0.39, 0.29) is 0 Å². The number of benzene rings is 1. The summed E-state index contributed by atoms with van der Waals surface area (Å²) in [6.45, 7) is 5.06. The van der Waals surface area contributed by atoms with Crippen molar-refractivity contribution in [1.82, 2.24) is 4.90 Å². The molecule has 0 aliphatic carbocycles. The minimum absolute atomic E-state index is 0.323. The van der Waals surface area contributed by atoms with E-state index in [1.54, 1.807) is 13.2 Å². The van der Waals surface area contributed by atoms with Crippen molar-refractivity contribution in [1.29, 1.82) is 5.26 Å². The van der Waals surface area contributed by atoms with Crippen LogP contribution in [0.5, 0.6) is 5.75 Å². The minimum Gasteiger partial charge on any atom is -0.496 e. The highest BCUT2D eigenvalue weighted by Gasteiger charge is 2.25. The Morgan fingerprint density at radius 3 is 2.95 bits per heavy atom. The first-order chi connectivity index (χ1) is 9.67. The molecule has 2 atom stereocenters. The van der Waals surface area contributed by atoms with Gasteiger partial charge in [-0.25, -0.2) is 0 Å². The molecule has 0 saturated carbocycles. The fraction of sp³-hybridized carbons (Fsp3) is 0.562. The van der Waals surface area contributed by atoms with Gasteiger partial charge in [-0.3, -0.25) is 4.90 Å². The predicted molar refractivity (Wildman–Crippen MR) is 79.4 cm³/mol. The monoisotopic (exact) mass is 273 g/mol. The van der Waals surface area contributed by atoms with Gasteiger partial charge < -0.3 is 10.5 Å². The minimum atomic E-state index is 0.323. The lowest BCUT2D eigenvalue weighted by Gasteiger charge is -2.36. The fourth-order valence-corrected chi connectivity index (χ4v) is 2.91. The first kappa shape index (κ1) is 14.8. The molecule has 1 aromatic rings. The standard InChI is InChI=1S/C16H23N3O/c1-3-13-10-19(7-6-15(13)18)11-14-8-12(9-17)4-5-16(14)20-2/h4-5,8,13,15H,3,6-7,10-11,18H2,1-2H3. The highest BCUT2D eigenvalue weighted by molar-refractivity contribution is 5.42. The smallest absolute Gasteiger partial charge is 0.123 e. The second kappa shape index (κ2) is 6.74. The molecule has 4 nitrogen and oxygen atoms in total. The zero-order chi connectivity index (χ0) is 14.5. The van der Waals surface area contributed by atoms with Crippen LogP contribution in [-0.2, 0) is 6.54 Å². The van der Waals surface area contributed by atoms with E-state index in [9.17, 15) is 0 Å². The lowest BCUT2D eigenvalue weighted by molar-refractivity contribution is 0.144. The third-order valence-corrected chi connectivity index (χ3v) is 4.20. The first-order valence-electron chi connectivity index (χ1n) is 7.22. The molecule has 1 aromatic carbocycles. The summed E-state index contributed by atoms with van der Waals surface area (Å²) in [6, 6.07) is 8.11. The van der Waals surface area contributed by atoms with E-state index in [1.165, 1.54) is 0 Å². The number of rotatable bonds is 4. The van der Waals surface area contributed by atoms with Crippen LogP contribution < -0.4 is 10.5 Å². The molecular formula is C16H23N3O. The van der Waals surface area contributed by atoms with Crippen LogP contribution in [0.15, 0.2) is 18.2 Å². The third kappa shape index (κ3) is 3.30. The van der Waals surface area contributed by atoms with Gasteiger partial charge in [-0.05, 0) is 37.1 Å². The molecule has 1 saturated heterocycles. The van der Waals surface area contributed by atoms with E-state index < -0.39 is 0 Å². The zero-order valence-corrected chi connectivity index (χ0v) is 12.3. The second-order valence-electron chi connectivity index (χ2n) is 5.49. The Kier molecular flexibility index (Phi) is 4.99. The van der Waals surface area contributed by atoms with Gasteiger partial charge in [0.25, 0.3) is 0 Å². The number of methoxy groups -OCH3 is 1. The Morgan fingerprint density at radius 1 is 1.50 bits per heavy atom. The maximum Gasteiger partial charge on any atom is 0.123 e. The third-order valence-electron chi connectivity index (χ3n) is 4.20. The number of likely N-dealkylation sites (tertiary alicyclic amines) is 1. The molecule has 108 valence electrons. The Balaban J connectivity index is 2.11. The zero-order valence-electron chi connectivity index (χ0n) is 12.3. The highest BCUT2D eigenvalue weighted by atomic mass is 16.5. The molecule has 0 aromatic heterocycles. The van der Waals surface area contributed by atoms with E-state index >= 15 is 0 Å². The van der Waals surface area contributed by atoms with Crippen LogP contribution in [-0.4, -0.2) is 31.1 Å². The van der Waals surface area contributed by atoms with Crippen LogP contribution in [0.25, 0.3) is 0 Å². The Hall–Kier alpha value is -1.57. The highest BCUT2D eigenvalue weighted by Crippen LogP contribution is 2.25. The number of piperidine rings is 1. The normalized spacial score (nSPS) is 23.3. The maximum atomic E-state index is 9.03. The summed E-state index contributed by atoms with van der Waals surface area (Å²) in [7, 11) is 1.67. The van der Waals surface area contributed by atoms with Gasteiger partial charge in [-0.15, -0.1) is 0 Å². The Labute approximate surface area is 121 Å². The fourth-order valence-electron chi connectivity index (χ4n) is 2.91. The lowest BCUT2D eigenvalue weighted by atomic mass is 9.90. The van der Waals surface area contributed by atoms with Gasteiger partial charge >= 0.3 is 0 Å². The van der Waals surface area contributed by atoms with Crippen molar-refractivity contribution >= 4 is 0 Å². The number of hydrogen-bond acceptors (Lipinski definition) is 4. The SMILES string of the molecule is CCC1CN(Cc2cc(C#N)ccc2OC)CCC1N. The Bertz CT molecular complexity index is 495. The van der Waals surface area contributed by atoms with Gasteiger partial charge in [0, 0.05) is 24.7 Å². The summed E-state index contributed by atoms with van der Waals surface area (Å²) in [5.41, 5.74) is 7.91. The molecule has 0 radical (unpaired) electrons. The quantitative estimate of drug-likeness (QED) is 0.913. The van der Waals surface area contributed by atoms with E-state index in [2.05, 4.69) is 17.9 Å². The van der Waals surface area contributed by atoms with Crippen LogP contribution in [0.1, 0.15) is 30.9 Å². The second-order valence-corrected chi connectivity index (χ2v) is 5.49. The van der Waals surface area contributed by atoms with Gasteiger partial charge in [0.2, 0.25) is 0 Å². The van der Waals surface area contributed by atoms with Gasteiger partial charge in [0.1, 0.15) is 5.75 Å². The summed E-state index contributed by atoms with van der Waals surface area (Å²) >= 11 is 0. The number of nitrogens with zero attached hydrogens (tertiary/aromatic N) is 2. The van der Waals surface area contributed by atoms with Crippen molar-refractivity contribution in [3.8, 4) is 11.8 Å². The lowest BCUT2D eigenvalue weighted by Crippen LogP contribution is -2.46. The molecule has 0 spiro atoms. The summed E-state index contributed by atoms with van der Waals surface area (Å²) in [5.74, 6) is 1.42. The molecule has 0 bridgehead atoms. The summed E-state index contributed by atoms with van der Waals surface area (Å²) in [5, 5.41) is 9.03. The predicted octanol–water partition coefficient (Wildman–Crippen LogP) is 2.13. The largest absolute Gasteiger partial charge is 0.496 e. The molecule has 1 fully saturated rings. The number of nitrogens with two attached hydrogens (primary N) is 1. The molecular weight excluding hydrogens is 250 g/mol. The molecule has 2 rings (SSSR count). The van der Waals surface area contributed by atoms with Crippen molar-refractivity contribution in [3.05, 3.63) is 29.3 Å². The number of ether oxygens (including phenoxy) is 1. The molecule has 4 heteroatoms. The molecule has 2 N–H and O–H groups in total. The first-order valence-corrected chi connectivity index (χ1v) is 7.22. The van der Waals surface area contributed by atoms with Crippen LogP contribution in [0, 0.1) is 17.2 Å². The van der Waals surface area contributed by atoms with E-state index in [4.69, 9.17) is 15.7 Å². The van der Waals surface area contributed by atoms with Gasteiger partial charge in [-0.1, -0.05) is 13.3 Å². The molecule has 1 aliphatic rings. The average Bonchev–Trinajstić information content (AvgIpc) is 2.49. The number of nitriles is 1. The van der Waals surface area contributed by atoms with Crippen LogP contribution in [0.3, 0.4) is 0 Å². The van der Waals surface area contributed by atoms with Crippen LogP contribution in [0.2, 0.25) is 0 Å². The van der Waals surface area contributed by atoms with Gasteiger partial charge in [0.15, 0.2) is 0 Å². The topological polar surface area (TPSA) is 62.3 Å². The van der Waals surface area contributed by atoms with Crippen LogP contribution in [0.4, 0.5) is 0 Å². The van der Waals surface area contributed by atoms with E-state index in [0.717, 1.165) is 43.8 Å². The Morgan fingerprint density at radius 2 is 2.30 bits per heavy atom. The van der Waals surface area contributed by atoms with Crippen molar-refractivity contribution in [2.45, 2.75) is 32.4 Å². The van der Waals surface area contributed by atoms with Crippen LogP contribution >= 0.6 is 0 Å². The maximum absolute atomic E-state index is 9.03.